The first-order valence-corrected chi connectivity index (χ1v) is 19.0. The van der Waals surface area contributed by atoms with Gasteiger partial charge in [-0.2, -0.15) is 11.8 Å². The van der Waals surface area contributed by atoms with Crippen LogP contribution in [0.2, 0.25) is 18.1 Å². The van der Waals surface area contributed by atoms with Gasteiger partial charge in [0.1, 0.15) is 18.9 Å². The average molecular weight is 605 g/mol. The minimum atomic E-state index is -2.09. The van der Waals surface area contributed by atoms with Gasteiger partial charge >= 0.3 is 12.1 Å². The smallest absolute Gasteiger partial charge is 0.410 e. The molecule has 6 atom stereocenters. The van der Waals surface area contributed by atoms with Gasteiger partial charge in [-0.3, -0.25) is 4.79 Å². The number of thioether (sulfide) groups is 1. The lowest BCUT2D eigenvalue weighted by Crippen LogP contribution is -2.65. The van der Waals surface area contributed by atoms with Gasteiger partial charge in [-0.05, 0) is 56.3 Å². The van der Waals surface area contributed by atoms with Gasteiger partial charge in [0.25, 0.3) is 0 Å². The molecule has 2 saturated heterocycles. The maximum atomic E-state index is 13.8. The van der Waals surface area contributed by atoms with Crippen molar-refractivity contribution in [2.75, 3.05) is 25.5 Å². The Morgan fingerprint density at radius 1 is 1.10 bits per heavy atom. The molecule has 0 bridgehead atoms. The summed E-state index contributed by atoms with van der Waals surface area (Å²) in [6, 6.07) is 0.00379. The van der Waals surface area contributed by atoms with E-state index in [1.807, 2.05) is 11.8 Å². The van der Waals surface area contributed by atoms with E-state index in [0.717, 1.165) is 43.4 Å². The van der Waals surface area contributed by atoms with Crippen LogP contribution in [0.3, 0.4) is 0 Å². The lowest BCUT2D eigenvalue weighted by molar-refractivity contribution is -0.163. The second-order valence-corrected chi connectivity index (χ2v) is 19.2. The number of β-lactam (4-membered cyclic amide) rings is 1. The molecule has 3 heterocycles. The Kier molecular flexibility index (Phi) is 9.86. The summed E-state index contributed by atoms with van der Waals surface area (Å²) in [6.45, 7) is 21.4. The lowest BCUT2D eigenvalue weighted by atomic mass is 9.72. The third-order valence-corrected chi connectivity index (χ3v) is 15.6. The maximum absolute atomic E-state index is 13.8. The summed E-state index contributed by atoms with van der Waals surface area (Å²) in [4.78, 5) is 43.4. The van der Waals surface area contributed by atoms with Crippen molar-refractivity contribution < 1.29 is 28.3 Å². The first kappa shape index (κ1) is 31.9. The Balaban J connectivity index is 1.56. The van der Waals surface area contributed by atoms with Crippen molar-refractivity contribution in [3.05, 3.63) is 36.6 Å². The molecular formula is C31H48N2O6SSi. The standard InChI is InChI=1S/C31H48N2O6SSi/c1-9-17-37-29(35)27-25-22(26-24(28(34)33(26)27)20(3)39-41(7,8)31(4,5)6)14-11-15-23(25)40-19-21-13-12-16-32(21)30(36)38-18-10-2/h9-10,20-24,26H,1-2,11-19H2,3-8H3/t20-,21+,22-,23+,24-,26-/m1/s1. The van der Waals surface area contributed by atoms with E-state index in [9.17, 15) is 14.4 Å². The number of hydrogen-bond acceptors (Lipinski definition) is 7. The van der Waals surface area contributed by atoms with Gasteiger partial charge in [0.05, 0.1) is 18.1 Å². The van der Waals surface area contributed by atoms with E-state index in [1.54, 1.807) is 28.8 Å². The van der Waals surface area contributed by atoms with E-state index in [2.05, 4.69) is 47.0 Å². The van der Waals surface area contributed by atoms with Crippen molar-refractivity contribution in [3.8, 4) is 0 Å². The second-order valence-electron chi connectivity index (χ2n) is 13.2. The second kappa shape index (κ2) is 12.7. The molecule has 10 heteroatoms. The van der Waals surface area contributed by atoms with Crippen LogP contribution < -0.4 is 0 Å². The SMILES string of the molecule is C=CCOC(=O)C1=C2[C@@H](SC[C@@H]3CCCN3C(=O)OCC=C)CCC[C@H]2[C@@H]2[C@@H]([C@@H](C)O[Si](C)(C)C(C)(C)C)C(=O)N12. The highest BCUT2D eigenvalue weighted by atomic mass is 32.2. The topological polar surface area (TPSA) is 85.4 Å². The summed E-state index contributed by atoms with van der Waals surface area (Å²) in [5.74, 6) is 0.108. The minimum Gasteiger partial charge on any atom is -0.457 e. The van der Waals surface area contributed by atoms with Crippen molar-refractivity contribution >= 4 is 38.0 Å². The minimum absolute atomic E-state index is 0.0330. The number of rotatable bonds is 11. The molecule has 0 aromatic heterocycles. The number of carbonyl (C=O) groups is 3. The van der Waals surface area contributed by atoms with Crippen LogP contribution in [0.15, 0.2) is 36.6 Å². The van der Waals surface area contributed by atoms with Crippen LogP contribution in [0.5, 0.6) is 0 Å². The monoisotopic (exact) mass is 604 g/mol. The molecule has 3 fully saturated rings. The molecular weight excluding hydrogens is 557 g/mol. The number of fused-ring (bicyclic) bond motifs is 3. The number of likely N-dealkylation sites (tertiary alicyclic amines) is 1. The predicted octanol–water partition coefficient (Wildman–Crippen LogP) is 5.91. The Morgan fingerprint density at radius 2 is 1.78 bits per heavy atom. The van der Waals surface area contributed by atoms with Crippen molar-refractivity contribution in [1.29, 1.82) is 0 Å². The molecule has 0 N–H and O–H groups in total. The van der Waals surface area contributed by atoms with Gasteiger partial charge in [0.15, 0.2) is 8.32 Å². The number of nitrogens with zero attached hydrogens (tertiary/aromatic N) is 2. The highest BCUT2D eigenvalue weighted by Crippen LogP contribution is 2.55. The van der Waals surface area contributed by atoms with Gasteiger partial charge in [0, 0.05) is 29.5 Å². The lowest BCUT2D eigenvalue weighted by Gasteiger charge is -2.51. The predicted molar refractivity (Wildman–Crippen MR) is 165 cm³/mol. The Bertz CT molecular complexity index is 1080. The van der Waals surface area contributed by atoms with Crippen molar-refractivity contribution in [2.24, 2.45) is 11.8 Å². The first-order chi connectivity index (χ1) is 19.3. The summed E-state index contributed by atoms with van der Waals surface area (Å²) in [5.41, 5.74) is 1.49. The summed E-state index contributed by atoms with van der Waals surface area (Å²) in [5, 5.41) is 0.119. The summed E-state index contributed by atoms with van der Waals surface area (Å²) < 4.78 is 17.6. The van der Waals surface area contributed by atoms with Gasteiger partial charge in [-0.15, -0.1) is 0 Å². The van der Waals surface area contributed by atoms with Crippen LogP contribution in [-0.4, -0.2) is 85.0 Å². The zero-order valence-electron chi connectivity index (χ0n) is 25.6. The van der Waals surface area contributed by atoms with Crippen LogP contribution in [0.1, 0.15) is 59.8 Å². The number of esters is 1. The molecule has 0 spiro atoms. The number of amides is 2. The zero-order chi connectivity index (χ0) is 30.1. The third kappa shape index (κ3) is 6.20. The number of carbonyl (C=O) groups excluding carboxylic acids is 3. The van der Waals surface area contributed by atoms with Gasteiger partial charge in [-0.1, -0.05) is 52.5 Å². The zero-order valence-corrected chi connectivity index (χ0v) is 27.5. The fraction of sp³-hybridized carbons (Fsp3) is 0.710. The number of ether oxygens (including phenoxy) is 2. The highest BCUT2D eigenvalue weighted by molar-refractivity contribution is 8.00. The molecule has 4 aliphatic rings. The fourth-order valence-corrected chi connectivity index (χ4v) is 9.62. The average Bonchev–Trinajstić information content (AvgIpc) is 3.49. The van der Waals surface area contributed by atoms with Crippen molar-refractivity contribution in [3.63, 3.8) is 0 Å². The van der Waals surface area contributed by atoms with Crippen molar-refractivity contribution in [1.82, 2.24) is 9.80 Å². The summed E-state index contributed by atoms with van der Waals surface area (Å²) in [6.07, 6.45) is 7.38. The molecule has 1 aliphatic carbocycles. The molecule has 4 rings (SSSR count). The van der Waals surface area contributed by atoms with Crippen molar-refractivity contribution in [2.45, 2.75) is 101 Å². The molecule has 1 saturated carbocycles. The molecule has 0 aromatic carbocycles. The molecule has 41 heavy (non-hydrogen) atoms. The molecule has 8 nitrogen and oxygen atoms in total. The van der Waals surface area contributed by atoms with E-state index >= 15 is 0 Å². The normalized spacial score (nSPS) is 28.5. The highest BCUT2D eigenvalue weighted by Gasteiger charge is 2.63. The molecule has 228 valence electrons. The quantitative estimate of drug-likeness (QED) is 0.125. The maximum Gasteiger partial charge on any atom is 0.410 e. The summed E-state index contributed by atoms with van der Waals surface area (Å²) in [7, 11) is -2.09. The third-order valence-electron chi connectivity index (χ3n) is 9.59. The van der Waals surface area contributed by atoms with E-state index in [-0.39, 0.29) is 65.5 Å². The largest absolute Gasteiger partial charge is 0.457 e. The molecule has 2 amide bonds. The van der Waals surface area contributed by atoms with Crippen LogP contribution in [0, 0.1) is 11.8 Å². The molecule has 3 aliphatic heterocycles. The molecule has 0 aromatic rings. The van der Waals surface area contributed by atoms with E-state index < -0.39 is 14.3 Å². The Hall–Kier alpha value is -2.04. The Labute approximate surface area is 251 Å². The van der Waals surface area contributed by atoms with Gasteiger partial charge < -0.3 is 23.7 Å². The first-order valence-electron chi connectivity index (χ1n) is 15.0. The molecule has 0 radical (unpaired) electrons. The van der Waals surface area contributed by atoms with Gasteiger partial charge in [0.2, 0.25) is 5.91 Å². The van der Waals surface area contributed by atoms with Crippen LogP contribution >= 0.6 is 11.8 Å². The number of hydrogen-bond donors (Lipinski definition) is 0. The van der Waals surface area contributed by atoms with E-state index in [0.29, 0.717) is 12.2 Å². The fourth-order valence-electron chi connectivity index (χ4n) is 6.59. The van der Waals surface area contributed by atoms with E-state index in [1.165, 1.54) is 0 Å². The van der Waals surface area contributed by atoms with Gasteiger partial charge in [-0.25, -0.2) is 9.59 Å². The Morgan fingerprint density at radius 3 is 2.44 bits per heavy atom. The van der Waals surface area contributed by atoms with E-state index in [4.69, 9.17) is 13.9 Å². The summed E-state index contributed by atoms with van der Waals surface area (Å²) >= 11 is 1.80. The molecule has 0 unspecified atom stereocenters. The van der Waals surface area contributed by atoms with Crippen LogP contribution in [0.25, 0.3) is 0 Å². The van der Waals surface area contributed by atoms with Crippen LogP contribution in [0.4, 0.5) is 4.79 Å². The van der Waals surface area contributed by atoms with Crippen LogP contribution in [-0.2, 0) is 23.5 Å².